The standard InChI is InChI=1S/C20H23N3O3/c1-13-16(14(2)26-23-13)11-25-20-12-24-10-8-19(20)22-18-7-9-21-17-6-4-3-5-15(17)18/h3-7,9,19-20H,8,10-12H2,1-2H3,(H,21,22)/t19-,20-/m1/s1. The molecule has 2 aromatic heterocycles. The Balaban J connectivity index is 1.50. The van der Waals surface area contributed by atoms with E-state index in [-0.39, 0.29) is 12.1 Å². The minimum Gasteiger partial charge on any atom is -0.379 e. The maximum atomic E-state index is 6.18. The van der Waals surface area contributed by atoms with Crippen LogP contribution < -0.4 is 5.32 Å². The van der Waals surface area contributed by atoms with Gasteiger partial charge < -0.3 is 19.3 Å². The lowest BCUT2D eigenvalue weighted by Crippen LogP contribution is -2.43. The van der Waals surface area contributed by atoms with Gasteiger partial charge in [-0.1, -0.05) is 23.4 Å². The average molecular weight is 353 g/mol. The number of para-hydroxylation sites is 1. The minimum atomic E-state index is -0.0376. The van der Waals surface area contributed by atoms with Crippen LogP contribution in [0.1, 0.15) is 23.4 Å². The Morgan fingerprint density at radius 3 is 2.96 bits per heavy atom. The van der Waals surface area contributed by atoms with Crippen molar-refractivity contribution in [2.45, 2.75) is 39.0 Å². The quantitative estimate of drug-likeness (QED) is 0.755. The van der Waals surface area contributed by atoms with E-state index >= 15 is 0 Å². The van der Waals surface area contributed by atoms with Crippen molar-refractivity contribution in [3.63, 3.8) is 0 Å². The number of aromatic nitrogens is 2. The molecular formula is C20H23N3O3. The molecule has 3 heterocycles. The van der Waals surface area contributed by atoms with Gasteiger partial charge in [-0.2, -0.15) is 0 Å². The van der Waals surface area contributed by atoms with E-state index in [0.29, 0.717) is 13.2 Å². The predicted octanol–water partition coefficient (Wildman–Crippen LogP) is 3.63. The fourth-order valence-corrected chi connectivity index (χ4v) is 3.36. The zero-order valence-electron chi connectivity index (χ0n) is 15.1. The lowest BCUT2D eigenvalue weighted by atomic mass is 10.0. The van der Waals surface area contributed by atoms with Crippen LogP contribution in [0.5, 0.6) is 0 Å². The minimum absolute atomic E-state index is 0.0376. The highest BCUT2D eigenvalue weighted by atomic mass is 16.5. The second kappa shape index (κ2) is 7.43. The maximum absolute atomic E-state index is 6.18. The van der Waals surface area contributed by atoms with Crippen molar-refractivity contribution < 1.29 is 14.0 Å². The first-order valence-corrected chi connectivity index (χ1v) is 8.94. The normalized spacial score (nSPS) is 20.4. The Hall–Kier alpha value is -2.44. The van der Waals surface area contributed by atoms with Crippen LogP contribution in [0.2, 0.25) is 0 Å². The molecule has 0 unspecified atom stereocenters. The van der Waals surface area contributed by atoms with E-state index in [2.05, 4.69) is 21.5 Å². The summed E-state index contributed by atoms with van der Waals surface area (Å²) in [5.74, 6) is 0.809. The van der Waals surface area contributed by atoms with Crippen LogP contribution in [0.3, 0.4) is 0 Å². The van der Waals surface area contributed by atoms with E-state index in [4.69, 9.17) is 14.0 Å². The summed E-state index contributed by atoms with van der Waals surface area (Å²) >= 11 is 0. The number of hydrogen-bond acceptors (Lipinski definition) is 6. The van der Waals surface area contributed by atoms with Crippen molar-refractivity contribution in [2.75, 3.05) is 18.5 Å². The summed E-state index contributed by atoms with van der Waals surface area (Å²) in [6.45, 7) is 5.63. The van der Waals surface area contributed by atoms with Crippen molar-refractivity contribution >= 4 is 16.6 Å². The van der Waals surface area contributed by atoms with Gasteiger partial charge in [0.15, 0.2) is 0 Å². The Morgan fingerprint density at radius 2 is 2.12 bits per heavy atom. The number of pyridine rings is 1. The Labute approximate surface area is 152 Å². The van der Waals surface area contributed by atoms with Crippen LogP contribution in [0.25, 0.3) is 10.9 Å². The molecule has 0 bridgehead atoms. The molecule has 1 N–H and O–H groups in total. The van der Waals surface area contributed by atoms with E-state index in [1.165, 1.54) is 0 Å². The summed E-state index contributed by atoms with van der Waals surface area (Å²) in [6.07, 6.45) is 2.69. The van der Waals surface area contributed by atoms with Crippen molar-refractivity contribution in [1.82, 2.24) is 10.1 Å². The highest BCUT2D eigenvalue weighted by Gasteiger charge is 2.27. The van der Waals surface area contributed by atoms with Gasteiger partial charge in [0.1, 0.15) is 11.9 Å². The third kappa shape index (κ3) is 3.43. The van der Waals surface area contributed by atoms with Crippen molar-refractivity contribution in [3.8, 4) is 0 Å². The van der Waals surface area contributed by atoms with E-state index in [0.717, 1.165) is 46.6 Å². The Morgan fingerprint density at radius 1 is 1.23 bits per heavy atom. The van der Waals surface area contributed by atoms with E-state index in [1.807, 2.05) is 44.3 Å². The number of rotatable bonds is 5. The number of aryl methyl sites for hydroxylation is 2. The molecule has 6 nitrogen and oxygen atoms in total. The first-order chi connectivity index (χ1) is 12.7. The second-order valence-corrected chi connectivity index (χ2v) is 6.64. The molecule has 0 aliphatic carbocycles. The van der Waals surface area contributed by atoms with E-state index < -0.39 is 0 Å². The molecule has 1 saturated heterocycles. The Kier molecular flexibility index (Phi) is 4.86. The van der Waals surface area contributed by atoms with Crippen LogP contribution in [-0.4, -0.2) is 35.5 Å². The van der Waals surface area contributed by atoms with Gasteiger partial charge in [0.2, 0.25) is 0 Å². The first kappa shape index (κ1) is 17.0. The van der Waals surface area contributed by atoms with Gasteiger partial charge in [-0.3, -0.25) is 4.98 Å². The van der Waals surface area contributed by atoms with Crippen LogP contribution in [0.4, 0.5) is 5.69 Å². The van der Waals surface area contributed by atoms with Crippen molar-refractivity contribution in [3.05, 3.63) is 53.5 Å². The van der Waals surface area contributed by atoms with Gasteiger partial charge in [-0.15, -0.1) is 0 Å². The Bertz CT molecular complexity index is 868. The van der Waals surface area contributed by atoms with Gasteiger partial charge in [-0.25, -0.2) is 0 Å². The highest BCUT2D eigenvalue weighted by Crippen LogP contribution is 2.25. The van der Waals surface area contributed by atoms with E-state index in [9.17, 15) is 0 Å². The number of nitrogens with zero attached hydrogens (tertiary/aromatic N) is 2. The van der Waals surface area contributed by atoms with Gasteiger partial charge in [0, 0.05) is 29.4 Å². The fourth-order valence-electron chi connectivity index (χ4n) is 3.36. The maximum Gasteiger partial charge on any atom is 0.139 e. The number of anilines is 1. The lowest BCUT2D eigenvalue weighted by molar-refractivity contribution is -0.0640. The van der Waals surface area contributed by atoms with Gasteiger partial charge >= 0.3 is 0 Å². The molecule has 0 amide bonds. The summed E-state index contributed by atoms with van der Waals surface area (Å²) < 4.78 is 17.1. The number of hydrogen-bond donors (Lipinski definition) is 1. The third-order valence-corrected chi connectivity index (χ3v) is 4.92. The zero-order valence-corrected chi connectivity index (χ0v) is 15.1. The zero-order chi connectivity index (χ0) is 17.9. The predicted molar refractivity (Wildman–Crippen MR) is 99.1 cm³/mol. The molecule has 0 radical (unpaired) electrons. The topological polar surface area (TPSA) is 69.4 Å². The molecule has 136 valence electrons. The number of nitrogens with one attached hydrogen (secondary N) is 1. The largest absolute Gasteiger partial charge is 0.379 e. The molecule has 4 rings (SSSR count). The van der Waals surface area contributed by atoms with Crippen LogP contribution in [-0.2, 0) is 16.1 Å². The summed E-state index contributed by atoms with van der Waals surface area (Å²) in [6, 6.07) is 10.3. The number of ether oxygens (including phenoxy) is 2. The molecule has 2 atom stereocenters. The van der Waals surface area contributed by atoms with Crippen molar-refractivity contribution in [2.24, 2.45) is 0 Å². The molecule has 1 aromatic carbocycles. The summed E-state index contributed by atoms with van der Waals surface area (Å²) in [7, 11) is 0. The molecule has 26 heavy (non-hydrogen) atoms. The summed E-state index contributed by atoms with van der Waals surface area (Å²) in [5.41, 5.74) is 3.96. The second-order valence-electron chi connectivity index (χ2n) is 6.64. The van der Waals surface area contributed by atoms with Crippen LogP contribution >= 0.6 is 0 Å². The van der Waals surface area contributed by atoms with Gasteiger partial charge in [0.25, 0.3) is 0 Å². The summed E-state index contributed by atoms with van der Waals surface area (Å²) in [4.78, 5) is 4.43. The first-order valence-electron chi connectivity index (χ1n) is 8.94. The SMILES string of the molecule is Cc1noc(C)c1CO[C@@H]1COCC[C@H]1Nc1ccnc2ccccc12. The van der Waals surface area contributed by atoms with Crippen LogP contribution in [0.15, 0.2) is 41.1 Å². The molecule has 0 saturated carbocycles. The fraction of sp³-hybridized carbons (Fsp3) is 0.400. The van der Waals surface area contributed by atoms with Gasteiger partial charge in [0.05, 0.1) is 30.5 Å². The van der Waals surface area contributed by atoms with Crippen LogP contribution in [0, 0.1) is 13.8 Å². The molecule has 1 fully saturated rings. The van der Waals surface area contributed by atoms with Crippen molar-refractivity contribution in [1.29, 1.82) is 0 Å². The molecule has 1 aliphatic heterocycles. The molecule has 3 aromatic rings. The number of fused-ring (bicyclic) bond motifs is 1. The monoisotopic (exact) mass is 353 g/mol. The van der Waals surface area contributed by atoms with Gasteiger partial charge in [-0.05, 0) is 32.4 Å². The number of benzene rings is 1. The smallest absolute Gasteiger partial charge is 0.139 e. The molecule has 6 heteroatoms. The van der Waals surface area contributed by atoms with E-state index in [1.54, 1.807) is 0 Å². The molecule has 1 aliphatic rings. The lowest BCUT2D eigenvalue weighted by Gasteiger charge is -2.33. The summed E-state index contributed by atoms with van der Waals surface area (Å²) in [5, 5.41) is 8.76. The molecular weight excluding hydrogens is 330 g/mol. The molecule has 0 spiro atoms. The average Bonchev–Trinajstić information content (AvgIpc) is 2.99. The highest BCUT2D eigenvalue weighted by molar-refractivity contribution is 5.90. The third-order valence-electron chi connectivity index (χ3n) is 4.92.